The van der Waals surface area contributed by atoms with Gasteiger partial charge < -0.3 is 5.32 Å². The molecule has 0 bridgehead atoms. The Morgan fingerprint density at radius 3 is 2.69 bits per heavy atom. The van der Waals surface area contributed by atoms with Crippen molar-refractivity contribution in [1.82, 2.24) is 10.2 Å². The summed E-state index contributed by atoms with van der Waals surface area (Å²) in [6, 6.07) is 10.3. The second-order valence-corrected chi connectivity index (χ2v) is 4.72. The zero-order chi connectivity index (χ0) is 11.6. The molecule has 0 spiro atoms. The third kappa shape index (κ3) is 2.09. The highest BCUT2D eigenvalue weighted by atomic mass is 16.2. The van der Waals surface area contributed by atoms with Crippen LogP contribution in [0.25, 0.3) is 0 Å². The molecule has 16 heavy (non-hydrogen) atoms. The third-order valence-electron chi connectivity index (χ3n) is 3.23. The zero-order valence-electron chi connectivity index (χ0n) is 9.86. The fourth-order valence-electron chi connectivity index (χ4n) is 2.02. The van der Waals surface area contributed by atoms with Gasteiger partial charge in [0.25, 0.3) is 0 Å². The van der Waals surface area contributed by atoms with Gasteiger partial charge in [-0.2, -0.15) is 0 Å². The summed E-state index contributed by atoms with van der Waals surface area (Å²) >= 11 is 0. The SMILES string of the molecule is CC1(C)C(=O)NCCN1Cc1ccccc1. The van der Waals surface area contributed by atoms with Gasteiger partial charge in [-0.25, -0.2) is 0 Å². The molecule has 1 fully saturated rings. The van der Waals surface area contributed by atoms with E-state index in [4.69, 9.17) is 0 Å². The smallest absolute Gasteiger partial charge is 0.240 e. The topological polar surface area (TPSA) is 32.3 Å². The summed E-state index contributed by atoms with van der Waals surface area (Å²) in [7, 11) is 0. The van der Waals surface area contributed by atoms with Crippen LogP contribution in [-0.2, 0) is 11.3 Å². The Morgan fingerprint density at radius 1 is 1.31 bits per heavy atom. The molecule has 0 aromatic heterocycles. The van der Waals surface area contributed by atoms with Gasteiger partial charge in [0, 0.05) is 19.6 Å². The summed E-state index contributed by atoms with van der Waals surface area (Å²) < 4.78 is 0. The van der Waals surface area contributed by atoms with Crippen LogP contribution in [0.3, 0.4) is 0 Å². The van der Waals surface area contributed by atoms with Crippen LogP contribution in [0.15, 0.2) is 30.3 Å². The fraction of sp³-hybridized carbons (Fsp3) is 0.462. The van der Waals surface area contributed by atoms with Crippen molar-refractivity contribution in [1.29, 1.82) is 0 Å². The van der Waals surface area contributed by atoms with E-state index in [1.807, 2.05) is 32.0 Å². The highest BCUT2D eigenvalue weighted by molar-refractivity contribution is 5.86. The van der Waals surface area contributed by atoms with Crippen LogP contribution < -0.4 is 5.32 Å². The van der Waals surface area contributed by atoms with Gasteiger partial charge in [-0.3, -0.25) is 9.69 Å². The Labute approximate surface area is 96.5 Å². The lowest BCUT2D eigenvalue weighted by atomic mass is 9.98. The average molecular weight is 218 g/mol. The van der Waals surface area contributed by atoms with Crippen molar-refractivity contribution in [2.75, 3.05) is 13.1 Å². The molecule has 1 heterocycles. The van der Waals surface area contributed by atoms with Gasteiger partial charge in [-0.15, -0.1) is 0 Å². The second-order valence-electron chi connectivity index (χ2n) is 4.72. The Kier molecular flexibility index (Phi) is 2.97. The number of piperazine rings is 1. The van der Waals surface area contributed by atoms with E-state index in [9.17, 15) is 4.79 Å². The summed E-state index contributed by atoms with van der Waals surface area (Å²) in [4.78, 5) is 14.0. The molecule has 1 amide bonds. The van der Waals surface area contributed by atoms with Crippen LogP contribution >= 0.6 is 0 Å². The van der Waals surface area contributed by atoms with Crippen molar-refractivity contribution in [3.63, 3.8) is 0 Å². The highest BCUT2D eigenvalue weighted by Crippen LogP contribution is 2.20. The molecule has 1 saturated heterocycles. The molecule has 1 aliphatic heterocycles. The zero-order valence-corrected chi connectivity index (χ0v) is 9.86. The van der Waals surface area contributed by atoms with E-state index in [0.29, 0.717) is 0 Å². The average Bonchev–Trinajstić information content (AvgIpc) is 2.27. The molecule has 1 aromatic carbocycles. The molecule has 2 rings (SSSR count). The highest BCUT2D eigenvalue weighted by Gasteiger charge is 2.37. The molecule has 1 aromatic rings. The number of carbonyl (C=O) groups is 1. The number of hydrogen-bond donors (Lipinski definition) is 1. The molecule has 0 saturated carbocycles. The maximum Gasteiger partial charge on any atom is 0.240 e. The van der Waals surface area contributed by atoms with Crippen molar-refractivity contribution in [2.24, 2.45) is 0 Å². The predicted octanol–water partition coefficient (Wildman–Crippen LogP) is 1.40. The monoisotopic (exact) mass is 218 g/mol. The molecule has 3 nitrogen and oxygen atoms in total. The summed E-state index contributed by atoms with van der Waals surface area (Å²) in [5.74, 6) is 0.120. The standard InChI is InChI=1S/C13H18N2O/c1-13(2)12(16)14-8-9-15(13)10-11-6-4-3-5-7-11/h3-7H,8-10H2,1-2H3,(H,14,16). The van der Waals surface area contributed by atoms with Crippen LogP contribution in [0.5, 0.6) is 0 Å². The molecule has 0 aliphatic carbocycles. The summed E-state index contributed by atoms with van der Waals surface area (Å²) in [6.45, 7) is 6.44. The molecular formula is C13H18N2O. The predicted molar refractivity (Wildman–Crippen MR) is 63.9 cm³/mol. The van der Waals surface area contributed by atoms with E-state index < -0.39 is 5.54 Å². The van der Waals surface area contributed by atoms with Crippen LogP contribution in [0.4, 0.5) is 0 Å². The van der Waals surface area contributed by atoms with Gasteiger partial charge >= 0.3 is 0 Å². The molecule has 0 atom stereocenters. The lowest BCUT2D eigenvalue weighted by molar-refractivity contribution is -0.135. The maximum atomic E-state index is 11.8. The molecule has 1 aliphatic rings. The van der Waals surface area contributed by atoms with E-state index in [2.05, 4.69) is 22.3 Å². The van der Waals surface area contributed by atoms with E-state index in [1.165, 1.54) is 5.56 Å². The summed E-state index contributed by atoms with van der Waals surface area (Å²) in [5.41, 5.74) is 0.846. The number of nitrogens with one attached hydrogen (secondary N) is 1. The van der Waals surface area contributed by atoms with Crippen LogP contribution in [-0.4, -0.2) is 29.4 Å². The first-order valence-corrected chi connectivity index (χ1v) is 5.68. The first kappa shape index (κ1) is 11.1. The Morgan fingerprint density at radius 2 is 2.00 bits per heavy atom. The minimum atomic E-state index is -0.409. The second kappa shape index (κ2) is 4.26. The molecule has 3 heteroatoms. The summed E-state index contributed by atoms with van der Waals surface area (Å²) in [6.07, 6.45) is 0. The van der Waals surface area contributed by atoms with E-state index in [1.54, 1.807) is 0 Å². The van der Waals surface area contributed by atoms with Gasteiger partial charge in [-0.1, -0.05) is 30.3 Å². The van der Waals surface area contributed by atoms with E-state index in [0.717, 1.165) is 19.6 Å². The first-order valence-electron chi connectivity index (χ1n) is 5.68. The van der Waals surface area contributed by atoms with Gasteiger partial charge in [-0.05, 0) is 19.4 Å². The first-order chi connectivity index (χ1) is 7.60. The lowest BCUT2D eigenvalue weighted by Gasteiger charge is -2.41. The van der Waals surface area contributed by atoms with Gasteiger partial charge in [0.1, 0.15) is 0 Å². The van der Waals surface area contributed by atoms with E-state index >= 15 is 0 Å². The fourth-order valence-corrected chi connectivity index (χ4v) is 2.02. The quantitative estimate of drug-likeness (QED) is 0.813. The van der Waals surface area contributed by atoms with Gasteiger partial charge in [0.15, 0.2) is 0 Å². The number of carbonyl (C=O) groups excluding carboxylic acids is 1. The molecule has 0 radical (unpaired) electrons. The third-order valence-corrected chi connectivity index (χ3v) is 3.23. The van der Waals surface area contributed by atoms with Crippen molar-refractivity contribution in [3.05, 3.63) is 35.9 Å². The van der Waals surface area contributed by atoms with Crippen molar-refractivity contribution in [2.45, 2.75) is 25.9 Å². The number of hydrogen-bond acceptors (Lipinski definition) is 2. The Balaban J connectivity index is 2.12. The minimum absolute atomic E-state index is 0.120. The molecule has 1 N–H and O–H groups in total. The number of benzene rings is 1. The van der Waals surface area contributed by atoms with E-state index in [-0.39, 0.29) is 5.91 Å². The molecular weight excluding hydrogens is 200 g/mol. The van der Waals surface area contributed by atoms with Crippen molar-refractivity contribution in [3.8, 4) is 0 Å². The molecule has 86 valence electrons. The van der Waals surface area contributed by atoms with Crippen molar-refractivity contribution < 1.29 is 4.79 Å². The van der Waals surface area contributed by atoms with Gasteiger partial charge in [0.2, 0.25) is 5.91 Å². The Hall–Kier alpha value is -1.35. The van der Waals surface area contributed by atoms with Crippen molar-refractivity contribution >= 4 is 5.91 Å². The summed E-state index contributed by atoms with van der Waals surface area (Å²) in [5, 5.41) is 2.91. The number of rotatable bonds is 2. The normalized spacial score (nSPS) is 20.5. The van der Waals surface area contributed by atoms with Crippen LogP contribution in [0.1, 0.15) is 19.4 Å². The minimum Gasteiger partial charge on any atom is -0.353 e. The number of nitrogens with zero attached hydrogens (tertiary/aromatic N) is 1. The molecule has 0 unspecified atom stereocenters. The number of amides is 1. The largest absolute Gasteiger partial charge is 0.353 e. The lowest BCUT2D eigenvalue weighted by Crippen LogP contribution is -2.61. The Bertz CT molecular complexity index is 373. The van der Waals surface area contributed by atoms with Gasteiger partial charge in [0.05, 0.1) is 5.54 Å². The maximum absolute atomic E-state index is 11.8. The van der Waals surface area contributed by atoms with Crippen LogP contribution in [0.2, 0.25) is 0 Å². The van der Waals surface area contributed by atoms with Crippen LogP contribution in [0, 0.1) is 0 Å².